The van der Waals surface area contributed by atoms with Gasteiger partial charge in [-0.2, -0.15) is 5.10 Å². The zero-order valence-electron chi connectivity index (χ0n) is 16.9. The Hall–Kier alpha value is -3.02. The van der Waals surface area contributed by atoms with E-state index in [-0.39, 0.29) is 0 Å². The van der Waals surface area contributed by atoms with Gasteiger partial charge in [0.15, 0.2) is 5.96 Å². The van der Waals surface area contributed by atoms with Crippen molar-refractivity contribution in [2.75, 3.05) is 26.7 Å². The normalized spacial score (nSPS) is 11.6. The van der Waals surface area contributed by atoms with Crippen molar-refractivity contribution >= 4 is 16.7 Å². The molecule has 1 heterocycles. The van der Waals surface area contributed by atoms with Crippen LogP contribution in [0.15, 0.2) is 53.5 Å². The fraction of sp³-hybridized carbons (Fsp3) is 0.364. The Morgan fingerprint density at radius 3 is 2.64 bits per heavy atom. The van der Waals surface area contributed by atoms with Gasteiger partial charge in [-0.1, -0.05) is 36.4 Å². The number of hydrogen-bond donors (Lipinski definition) is 2. The van der Waals surface area contributed by atoms with Crippen molar-refractivity contribution in [1.29, 1.82) is 0 Å². The van der Waals surface area contributed by atoms with Crippen LogP contribution in [0.1, 0.15) is 17.8 Å². The zero-order valence-corrected chi connectivity index (χ0v) is 16.9. The van der Waals surface area contributed by atoms with Crippen LogP contribution >= 0.6 is 0 Å². The van der Waals surface area contributed by atoms with Crippen molar-refractivity contribution in [1.82, 2.24) is 20.4 Å². The van der Waals surface area contributed by atoms with Gasteiger partial charge in [0.25, 0.3) is 0 Å². The van der Waals surface area contributed by atoms with Crippen LogP contribution in [0.25, 0.3) is 10.8 Å². The molecule has 0 spiro atoms. The summed E-state index contributed by atoms with van der Waals surface area (Å²) in [6.07, 6.45) is 0.981. The second-order valence-electron chi connectivity index (χ2n) is 6.76. The summed E-state index contributed by atoms with van der Waals surface area (Å²) in [5.41, 5.74) is 2.26. The van der Waals surface area contributed by atoms with Crippen molar-refractivity contribution in [2.24, 2.45) is 4.99 Å². The molecule has 0 saturated carbocycles. The molecule has 2 aromatic carbocycles. The van der Waals surface area contributed by atoms with Gasteiger partial charge in [0, 0.05) is 31.2 Å². The van der Waals surface area contributed by atoms with Gasteiger partial charge in [0.2, 0.25) is 0 Å². The number of benzene rings is 2. The van der Waals surface area contributed by atoms with Gasteiger partial charge in [0.05, 0.1) is 12.2 Å². The first-order valence-corrected chi connectivity index (χ1v) is 9.73. The monoisotopic (exact) mass is 379 g/mol. The molecule has 0 aliphatic carbocycles. The standard InChI is InChI=1S/C22H29N5O/c1-17-16-18(2)27(26-17)14-7-12-24-22(23-3)25-13-15-28-21-11-6-9-19-8-4-5-10-20(19)21/h4-6,8-11,16H,7,12-15H2,1-3H3,(H2,23,24,25). The smallest absolute Gasteiger partial charge is 0.191 e. The number of aryl methyl sites for hydroxylation is 3. The van der Waals surface area contributed by atoms with E-state index < -0.39 is 0 Å². The number of guanidine groups is 1. The third kappa shape index (κ3) is 5.25. The predicted molar refractivity (Wildman–Crippen MR) is 115 cm³/mol. The first-order valence-electron chi connectivity index (χ1n) is 9.73. The number of aliphatic imine (C=N–C) groups is 1. The number of nitrogens with zero attached hydrogens (tertiary/aromatic N) is 3. The first kappa shape index (κ1) is 19.7. The number of fused-ring (bicyclic) bond motifs is 1. The third-order valence-electron chi connectivity index (χ3n) is 4.57. The van der Waals surface area contributed by atoms with Crippen LogP contribution < -0.4 is 15.4 Å². The van der Waals surface area contributed by atoms with Gasteiger partial charge in [-0.15, -0.1) is 0 Å². The molecule has 0 amide bonds. The van der Waals surface area contributed by atoms with E-state index in [1.807, 2.05) is 35.9 Å². The number of ether oxygens (including phenoxy) is 1. The van der Waals surface area contributed by atoms with Crippen LogP contribution in [0.4, 0.5) is 0 Å². The average Bonchev–Trinajstić information content (AvgIpc) is 3.03. The fourth-order valence-electron chi connectivity index (χ4n) is 3.21. The summed E-state index contributed by atoms with van der Waals surface area (Å²) in [6, 6.07) is 16.5. The number of hydrogen-bond acceptors (Lipinski definition) is 3. The second-order valence-corrected chi connectivity index (χ2v) is 6.76. The van der Waals surface area contributed by atoms with Gasteiger partial charge in [0.1, 0.15) is 12.4 Å². The summed E-state index contributed by atoms with van der Waals surface area (Å²) in [5, 5.41) is 13.4. The summed E-state index contributed by atoms with van der Waals surface area (Å²) in [4.78, 5) is 4.27. The Morgan fingerprint density at radius 2 is 1.86 bits per heavy atom. The average molecular weight is 380 g/mol. The van der Waals surface area contributed by atoms with Gasteiger partial charge >= 0.3 is 0 Å². The lowest BCUT2D eigenvalue weighted by Crippen LogP contribution is -2.39. The maximum atomic E-state index is 5.96. The Labute approximate surface area is 166 Å². The molecule has 28 heavy (non-hydrogen) atoms. The van der Waals surface area contributed by atoms with Crippen molar-refractivity contribution in [2.45, 2.75) is 26.8 Å². The molecule has 0 bridgehead atoms. The molecular formula is C22H29N5O. The molecule has 148 valence electrons. The lowest BCUT2D eigenvalue weighted by atomic mass is 10.1. The molecule has 0 radical (unpaired) electrons. The first-order chi connectivity index (χ1) is 13.7. The summed E-state index contributed by atoms with van der Waals surface area (Å²) in [6.45, 7) is 7.09. The Kier molecular flexibility index (Phi) is 6.89. The van der Waals surface area contributed by atoms with Gasteiger partial charge in [-0.3, -0.25) is 9.67 Å². The second kappa shape index (κ2) is 9.78. The topological polar surface area (TPSA) is 63.5 Å². The zero-order chi connectivity index (χ0) is 19.8. The lowest BCUT2D eigenvalue weighted by Gasteiger charge is -2.13. The maximum Gasteiger partial charge on any atom is 0.191 e. The van der Waals surface area contributed by atoms with Crippen LogP contribution in [0.2, 0.25) is 0 Å². The molecule has 0 aliphatic heterocycles. The van der Waals surface area contributed by atoms with Crippen LogP contribution in [0.5, 0.6) is 5.75 Å². The third-order valence-corrected chi connectivity index (χ3v) is 4.57. The van der Waals surface area contributed by atoms with Crippen molar-refractivity contribution in [3.63, 3.8) is 0 Å². The largest absolute Gasteiger partial charge is 0.491 e. The minimum absolute atomic E-state index is 0.570. The van der Waals surface area contributed by atoms with E-state index >= 15 is 0 Å². The molecule has 3 rings (SSSR count). The van der Waals surface area contributed by atoms with Crippen molar-refractivity contribution < 1.29 is 4.74 Å². The highest BCUT2D eigenvalue weighted by Crippen LogP contribution is 2.24. The van der Waals surface area contributed by atoms with Crippen molar-refractivity contribution in [3.8, 4) is 5.75 Å². The molecule has 6 heteroatoms. The molecule has 2 N–H and O–H groups in total. The highest BCUT2D eigenvalue weighted by atomic mass is 16.5. The maximum absolute atomic E-state index is 5.96. The minimum Gasteiger partial charge on any atom is -0.491 e. The highest BCUT2D eigenvalue weighted by molar-refractivity contribution is 5.88. The van der Waals surface area contributed by atoms with Crippen LogP contribution in [-0.2, 0) is 6.54 Å². The molecule has 0 aliphatic rings. The molecule has 6 nitrogen and oxygen atoms in total. The molecule has 3 aromatic rings. The predicted octanol–water partition coefficient (Wildman–Crippen LogP) is 3.29. The molecular weight excluding hydrogens is 350 g/mol. The summed E-state index contributed by atoms with van der Waals surface area (Å²) in [5.74, 6) is 1.70. The summed E-state index contributed by atoms with van der Waals surface area (Å²) in [7, 11) is 1.78. The van der Waals surface area contributed by atoms with E-state index in [1.54, 1.807) is 7.05 Å². The molecule has 0 atom stereocenters. The van der Waals surface area contributed by atoms with Crippen molar-refractivity contribution in [3.05, 3.63) is 59.9 Å². The quantitative estimate of drug-likeness (QED) is 0.358. The van der Waals surface area contributed by atoms with E-state index in [4.69, 9.17) is 4.74 Å². The lowest BCUT2D eigenvalue weighted by molar-refractivity contribution is 0.325. The Bertz CT molecular complexity index is 926. The van der Waals surface area contributed by atoms with Gasteiger partial charge < -0.3 is 15.4 Å². The highest BCUT2D eigenvalue weighted by Gasteiger charge is 2.03. The van der Waals surface area contributed by atoms with Crippen LogP contribution in [0, 0.1) is 13.8 Å². The summed E-state index contributed by atoms with van der Waals surface area (Å²) >= 11 is 0. The van der Waals surface area contributed by atoms with Gasteiger partial charge in [-0.05, 0) is 37.8 Å². The minimum atomic E-state index is 0.570. The van der Waals surface area contributed by atoms with Gasteiger partial charge in [-0.25, -0.2) is 0 Å². The number of rotatable bonds is 8. The fourth-order valence-corrected chi connectivity index (χ4v) is 3.21. The number of nitrogens with one attached hydrogen (secondary N) is 2. The summed E-state index contributed by atoms with van der Waals surface area (Å²) < 4.78 is 8.00. The van der Waals surface area contributed by atoms with Crippen LogP contribution in [-0.4, -0.2) is 42.5 Å². The molecule has 0 unspecified atom stereocenters. The van der Waals surface area contributed by atoms with Crippen LogP contribution in [0.3, 0.4) is 0 Å². The van der Waals surface area contributed by atoms with E-state index in [0.29, 0.717) is 13.2 Å². The molecule has 0 saturated heterocycles. The van der Waals surface area contributed by atoms with E-state index in [0.717, 1.165) is 42.3 Å². The Morgan fingerprint density at radius 1 is 1.07 bits per heavy atom. The van der Waals surface area contributed by atoms with E-state index in [9.17, 15) is 0 Å². The SMILES string of the molecule is CN=C(NCCCn1nc(C)cc1C)NCCOc1cccc2ccccc12. The number of aromatic nitrogens is 2. The molecule has 1 aromatic heterocycles. The van der Waals surface area contributed by atoms with E-state index in [2.05, 4.69) is 51.9 Å². The molecule has 0 fully saturated rings. The Balaban J connectivity index is 1.38. The van der Waals surface area contributed by atoms with E-state index in [1.165, 1.54) is 11.1 Å².